The van der Waals surface area contributed by atoms with E-state index >= 15 is 0 Å². The number of methoxy groups -OCH3 is 1. The molecule has 0 aromatic heterocycles. The van der Waals surface area contributed by atoms with Crippen molar-refractivity contribution in [3.63, 3.8) is 0 Å². The summed E-state index contributed by atoms with van der Waals surface area (Å²) in [5.41, 5.74) is 1.29. The number of piperidine rings is 1. The summed E-state index contributed by atoms with van der Waals surface area (Å²) < 4.78 is 5.22. The SMILES string of the molecule is COc1ccc(C(NC(=O)NC2CCN(C(C)(C)C)CC2)C(C)C)cc1. The van der Waals surface area contributed by atoms with Gasteiger partial charge in [-0.3, -0.25) is 4.90 Å². The van der Waals surface area contributed by atoms with E-state index in [1.165, 1.54) is 0 Å². The van der Waals surface area contributed by atoms with E-state index in [1.54, 1.807) is 7.11 Å². The molecule has 5 nitrogen and oxygen atoms in total. The zero-order chi connectivity index (χ0) is 19.3. The molecule has 146 valence electrons. The largest absolute Gasteiger partial charge is 0.497 e. The number of nitrogens with zero attached hydrogens (tertiary/aromatic N) is 1. The van der Waals surface area contributed by atoms with Gasteiger partial charge >= 0.3 is 6.03 Å². The van der Waals surface area contributed by atoms with Gasteiger partial charge in [-0.25, -0.2) is 4.79 Å². The van der Waals surface area contributed by atoms with Crippen molar-refractivity contribution in [2.75, 3.05) is 20.2 Å². The molecule has 5 heteroatoms. The molecule has 2 rings (SSSR count). The van der Waals surface area contributed by atoms with E-state index in [1.807, 2.05) is 24.3 Å². The Bertz CT molecular complexity index is 570. The summed E-state index contributed by atoms with van der Waals surface area (Å²) >= 11 is 0. The van der Waals surface area contributed by atoms with E-state index in [9.17, 15) is 4.79 Å². The molecule has 1 atom stereocenters. The number of hydrogen-bond donors (Lipinski definition) is 2. The maximum absolute atomic E-state index is 12.5. The first-order chi connectivity index (χ1) is 12.2. The predicted molar refractivity (Wildman–Crippen MR) is 107 cm³/mol. The Hall–Kier alpha value is -1.75. The minimum atomic E-state index is -0.0753. The third kappa shape index (κ3) is 5.63. The van der Waals surface area contributed by atoms with Crippen LogP contribution in [0.3, 0.4) is 0 Å². The number of carbonyl (C=O) groups is 1. The highest BCUT2D eigenvalue weighted by Gasteiger charge is 2.28. The van der Waals surface area contributed by atoms with Gasteiger partial charge < -0.3 is 15.4 Å². The Labute approximate surface area is 158 Å². The Kier molecular flexibility index (Phi) is 6.93. The van der Waals surface area contributed by atoms with Gasteiger partial charge in [0.25, 0.3) is 0 Å². The molecule has 0 bridgehead atoms. The first-order valence-electron chi connectivity index (χ1n) is 9.66. The maximum Gasteiger partial charge on any atom is 0.315 e. The van der Waals surface area contributed by atoms with Crippen LogP contribution in [0.15, 0.2) is 24.3 Å². The number of nitrogens with one attached hydrogen (secondary N) is 2. The predicted octanol–water partition coefficient (Wildman–Crippen LogP) is 3.95. The zero-order valence-corrected chi connectivity index (χ0v) is 17.1. The Balaban J connectivity index is 1.90. The van der Waals surface area contributed by atoms with Crippen LogP contribution in [0.2, 0.25) is 0 Å². The van der Waals surface area contributed by atoms with Crippen LogP contribution >= 0.6 is 0 Å². The van der Waals surface area contributed by atoms with Crippen molar-refractivity contribution in [2.24, 2.45) is 5.92 Å². The van der Waals surface area contributed by atoms with Crippen molar-refractivity contribution in [1.29, 1.82) is 0 Å². The first-order valence-corrected chi connectivity index (χ1v) is 9.66. The standard InChI is InChI=1S/C21H35N3O2/c1-15(2)19(16-7-9-18(26-6)10-8-16)23-20(25)22-17-11-13-24(14-12-17)21(3,4)5/h7-10,15,17,19H,11-14H2,1-6H3,(H2,22,23,25). The van der Waals surface area contributed by atoms with Crippen molar-refractivity contribution >= 4 is 6.03 Å². The number of likely N-dealkylation sites (tertiary alicyclic amines) is 1. The molecule has 2 amide bonds. The average Bonchev–Trinajstić information content (AvgIpc) is 2.59. The molecule has 1 heterocycles. The quantitative estimate of drug-likeness (QED) is 0.835. The van der Waals surface area contributed by atoms with Crippen LogP contribution < -0.4 is 15.4 Å². The van der Waals surface area contributed by atoms with Gasteiger partial charge in [0.05, 0.1) is 13.2 Å². The van der Waals surface area contributed by atoms with Crippen LogP contribution in [-0.4, -0.2) is 42.7 Å². The summed E-state index contributed by atoms with van der Waals surface area (Å²) in [5, 5.41) is 6.32. The molecule has 1 saturated heterocycles. The second kappa shape index (κ2) is 8.76. The normalized spacial score (nSPS) is 17.8. The summed E-state index contributed by atoms with van der Waals surface area (Å²) in [6.45, 7) is 13.0. The summed E-state index contributed by atoms with van der Waals surface area (Å²) in [4.78, 5) is 15.0. The van der Waals surface area contributed by atoms with Crippen molar-refractivity contribution in [1.82, 2.24) is 15.5 Å². The van der Waals surface area contributed by atoms with Crippen molar-refractivity contribution in [3.05, 3.63) is 29.8 Å². The number of urea groups is 1. The number of amides is 2. The monoisotopic (exact) mass is 361 g/mol. The highest BCUT2D eigenvalue weighted by molar-refractivity contribution is 5.74. The lowest BCUT2D eigenvalue weighted by Gasteiger charge is -2.41. The van der Waals surface area contributed by atoms with Crippen LogP contribution in [0.1, 0.15) is 59.1 Å². The Morgan fingerprint density at radius 3 is 2.19 bits per heavy atom. The molecule has 1 aliphatic rings. The number of ether oxygens (including phenoxy) is 1. The van der Waals surface area contributed by atoms with E-state index in [-0.39, 0.29) is 23.7 Å². The molecule has 0 aliphatic carbocycles. The summed E-state index contributed by atoms with van der Waals surface area (Å²) in [5.74, 6) is 1.13. The van der Waals surface area contributed by atoms with Crippen LogP contribution in [0.4, 0.5) is 4.79 Å². The molecule has 2 N–H and O–H groups in total. The summed E-state index contributed by atoms with van der Waals surface area (Å²) in [7, 11) is 1.66. The van der Waals surface area contributed by atoms with Gasteiger partial charge in [0.15, 0.2) is 0 Å². The molecule has 1 aliphatic heterocycles. The van der Waals surface area contributed by atoms with Crippen molar-refractivity contribution in [3.8, 4) is 5.75 Å². The lowest BCUT2D eigenvalue weighted by Crippen LogP contribution is -2.52. The third-order valence-corrected chi connectivity index (χ3v) is 5.21. The van der Waals surface area contributed by atoms with Gasteiger partial charge in [0, 0.05) is 24.7 Å². The summed E-state index contributed by atoms with van der Waals surface area (Å²) in [6, 6.07) is 8.07. The molecule has 0 spiro atoms. The third-order valence-electron chi connectivity index (χ3n) is 5.21. The molecule has 1 aromatic rings. The van der Waals surface area contributed by atoms with Gasteiger partial charge in [-0.1, -0.05) is 26.0 Å². The number of benzene rings is 1. The fourth-order valence-electron chi connectivity index (χ4n) is 3.51. The Morgan fingerprint density at radius 2 is 1.73 bits per heavy atom. The smallest absolute Gasteiger partial charge is 0.315 e. The number of hydrogen-bond acceptors (Lipinski definition) is 3. The maximum atomic E-state index is 12.5. The minimum Gasteiger partial charge on any atom is -0.497 e. The van der Waals surface area contributed by atoms with Crippen LogP contribution in [0.25, 0.3) is 0 Å². The second-order valence-corrected chi connectivity index (χ2v) is 8.54. The van der Waals surface area contributed by atoms with Gasteiger partial charge in [-0.15, -0.1) is 0 Å². The molecule has 1 fully saturated rings. The first kappa shape index (κ1) is 20.6. The van der Waals surface area contributed by atoms with E-state index in [0.717, 1.165) is 37.2 Å². The Morgan fingerprint density at radius 1 is 1.15 bits per heavy atom. The molecule has 0 saturated carbocycles. The van der Waals surface area contributed by atoms with E-state index in [0.29, 0.717) is 5.92 Å². The van der Waals surface area contributed by atoms with Gasteiger partial charge in [-0.2, -0.15) is 0 Å². The van der Waals surface area contributed by atoms with Crippen molar-refractivity contribution in [2.45, 2.75) is 65.1 Å². The van der Waals surface area contributed by atoms with Crippen LogP contribution in [0.5, 0.6) is 5.75 Å². The van der Waals surface area contributed by atoms with Crippen LogP contribution in [0, 0.1) is 5.92 Å². The molecule has 0 radical (unpaired) electrons. The van der Waals surface area contributed by atoms with Crippen molar-refractivity contribution < 1.29 is 9.53 Å². The van der Waals surface area contributed by atoms with E-state index in [4.69, 9.17) is 4.74 Å². The topological polar surface area (TPSA) is 53.6 Å². The van der Waals surface area contributed by atoms with Gasteiger partial charge in [0.1, 0.15) is 5.75 Å². The highest BCUT2D eigenvalue weighted by atomic mass is 16.5. The van der Waals surface area contributed by atoms with E-state index in [2.05, 4.69) is 50.2 Å². The lowest BCUT2D eigenvalue weighted by molar-refractivity contribution is 0.0976. The summed E-state index contributed by atoms with van der Waals surface area (Å²) in [6.07, 6.45) is 2.00. The van der Waals surface area contributed by atoms with E-state index < -0.39 is 0 Å². The lowest BCUT2D eigenvalue weighted by atomic mass is 9.96. The number of carbonyl (C=O) groups excluding carboxylic acids is 1. The molecule has 26 heavy (non-hydrogen) atoms. The zero-order valence-electron chi connectivity index (χ0n) is 17.1. The fraction of sp³-hybridized carbons (Fsp3) is 0.667. The highest BCUT2D eigenvalue weighted by Crippen LogP contribution is 2.24. The minimum absolute atomic E-state index is 0.0180. The molecule has 1 aromatic carbocycles. The van der Waals surface area contributed by atoms with Gasteiger partial charge in [-0.05, 0) is 57.2 Å². The molecular formula is C21H35N3O2. The molecule has 1 unspecified atom stereocenters. The van der Waals surface area contributed by atoms with Crippen LogP contribution in [-0.2, 0) is 0 Å². The fourth-order valence-corrected chi connectivity index (χ4v) is 3.51. The molecular weight excluding hydrogens is 326 g/mol. The van der Waals surface area contributed by atoms with Gasteiger partial charge in [0.2, 0.25) is 0 Å². The average molecular weight is 362 g/mol. The number of rotatable bonds is 5. The second-order valence-electron chi connectivity index (χ2n) is 8.54.